The smallest absolute Gasteiger partial charge is 0.0287 e. The molecule has 0 rings (SSSR count). The Labute approximate surface area is 64.0 Å². The van der Waals surface area contributed by atoms with Gasteiger partial charge in [0.25, 0.3) is 0 Å². The largest absolute Gasteiger partial charge is 0.0988 e. The molecule has 0 nitrogen and oxygen atoms in total. The van der Waals surface area contributed by atoms with Crippen LogP contribution in [0.2, 0.25) is 0 Å². The Hall–Kier alpha value is -0.780. The van der Waals surface area contributed by atoms with Gasteiger partial charge in [-0.15, -0.1) is 0 Å². The highest BCUT2D eigenvalue weighted by Crippen LogP contribution is 1.97. The zero-order chi connectivity index (χ0) is 7.98. The van der Waals surface area contributed by atoms with Crippen LogP contribution >= 0.6 is 0 Å². The molecule has 0 aromatic heterocycles. The molecule has 0 spiro atoms. The van der Waals surface area contributed by atoms with Gasteiger partial charge < -0.3 is 0 Å². The predicted octanol–water partition coefficient (Wildman–Crippen LogP) is 3.33. The summed E-state index contributed by atoms with van der Waals surface area (Å²) in [6.45, 7) is 10.0. The van der Waals surface area contributed by atoms with E-state index >= 15 is 0 Å². The van der Waals surface area contributed by atoms with Gasteiger partial charge in [-0.25, -0.2) is 0 Å². The highest BCUT2D eigenvalue weighted by atomic mass is 13.9. The van der Waals surface area contributed by atoms with Crippen LogP contribution < -0.4 is 0 Å². The molecule has 0 radical (unpaired) electrons. The van der Waals surface area contributed by atoms with E-state index in [2.05, 4.69) is 38.7 Å². The lowest BCUT2D eigenvalue weighted by atomic mass is 10.2. The summed E-state index contributed by atoms with van der Waals surface area (Å²) in [5.74, 6) is 0.633. The Balaban J connectivity index is 3.81. The van der Waals surface area contributed by atoms with Crippen LogP contribution in [0.1, 0.15) is 20.8 Å². The Morgan fingerprint density at radius 2 is 2.00 bits per heavy atom. The molecule has 0 N–H and O–H groups in total. The normalized spacial score (nSPS) is 13.0. The highest BCUT2D eigenvalue weighted by molar-refractivity contribution is 5.19. The topological polar surface area (TPSA) is 0 Å². The minimum atomic E-state index is 0.633. The van der Waals surface area contributed by atoms with Crippen molar-refractivity contribution in [1.29, 1.82) is 0 Å². The van der Waals surface area contributed by atoms with Crippen molar-refractivity contribution in [3.8, 4) is 0 Å². The lowest BCUT2D eigenvalue weighted by Crippen LogP contribution is -1.75. The fraction of sp³-hybridized carbons (Fsp3) is 0.400. The van der Waals surface area contributed by atoms with E-state index in [-0.39, 0.29) is 0 Å². The van der Waals surface area contributed by atoms with E-state index in [0.717, 1.165) is 0 Å². The van der Waals surface area contributed by atoms with E-state index in [1.165, 1.54) is 5.57 Å². The Bertz CT molecular complexity index is 147. The summed E-state index contributed by atoms with van der Waals surface area (Å²) in [6, 6.07) is 0. The van der Waals surface area contributed by atoms with Gasteiger partial charge in [0.2, 0.25) is 0 Å². The van der Waals surface area contributed by atoms with Crippen LogP contribution in [0.4, 0.5) is 0 Å². The van der Waals surface area contributed by atoms with Crippen LogP contribution in [-0.4, -0.2) is 0 Å². The maximum Gasteiger partial charge on any atom is -0.0287 e. The van der Waals surface area contributed by atoms with Crippen LogP contribution in [0.3, 0.4) is 0 Å². The number of hydrogen-bond donors (Lipinski definition) is 0. The predicted molar refractivity (Wildman–Crippen MR) is 47.9 cm³/mol. The average molecular weight is 136 g/mol. The summed E-state index contributed by atoms with van der Waals surface area (Å²) in [4.78, 5) is 0. The summed E-state index contributed by atoms with van der Waals surface area (Å²) in [7, 11) is 0. The van der Waals surface area contributed by atoms with E-state index in [0.29, 0.717) is 5.92 Å². The molecule has 0 aliphatic carbocycles. The quantitative estimate of drug-likeness (QED) is 0.522. The van der Waals surface area contributed by atoms with Crippen molar-refractivity contribution in [3.05, 3.63) is 36.5 Å². The summed E-state index contributed by atoms with van der Waals surface area (Å²) >= 11 is 0. The third-order valence-corrected chi connectivity index (χ3v) is 1.18. The van der Waals surface area contributed by atoms with Gasteiger partial charge in [-0.2, -0.15) is 0 Å². The van der Waals surface area contributed by atoms with Crippen molar-refractivity contribution in [3.63, 3.8) is 0 Å². The van der Waals surface area contributed by atoms with Crippen molar-refractivity contribution in [2.75, 3.05) is 0 Å². The Morgan fingerprint density at radius 3 is 2.40 bits per heavy atom. The zero-order valence-corrected chi connectivity index (χ0v) is 7.09. The molecule has 10 heavy (non-hydrogen) atoms. The van der Waals surface area contributed by atoms with Gasteiger partial charge in [0.15, 0.2) is 0 Å². The summed E-state index contributed by atoms with van der Waals surface area (Å²) < 4.78 is 0. The van der Waals surface area contributed by atoms with Crippen LogP contribution in [0.15, 0.2) is 36.5 Å². The van der Waals surface area contributed by atoms with E-state index in [9.17, 15) is 0 Å². The van der Waals surface area contributed by atoms with Gasteiger partial charge in [-0.1, -0.05) is 50.3 Å². The second kappa shape index (κ2) is 5.04. The molecule has 0 aliphatic heterocycles. The van der Waals surface area contributed by atoms with Crippen LogP contribution in [0.5, 0.6) is 0 Å². The van der Waals surface area contributed by atoms with Gasteiger partial charge in [0.1, 0.15) is 0 Å². The molecule has 0 heterocycles. The molecule has 0 unspecified atom stereocenters. The van der Waals surface area contributed by atoms with E-state index in [1.54, 1.807) is 0 Å². The van der Waals surface area contributed by atoms with Gasteiger partial charge in [-0.05, 0) is 12.8 Å². The first-order valence-electron chi connectivity index (χ1n) is 3.64. The molecule has 0 amide bonds. The van der Waals surface area contributed by atoms with Crippen molar-refractivity contribution >= 4 is 0 Å². The molecule has 0 atom stereocenters. The molecule has 0 saturated heterocycles. The lowest BCUT2D eigenvalue weighted by molar-refractivity contribution is 0.832. The van der Waals surface area contributed by atoms with Crippen molar-refractivity contribution in [2.24, 2.45) is 5.92 Å². The maximum atomic E-state index is 3.66. The van der Waals surface area contributed by atoms with Crippen molar-refractivity contribution < 1.29 is 0 Å². The summed E-state index contributed by atoms with van der Waals surface area (Å²) in [5, 5.41) is 0. The van der Waals surface area contributed by atoms with E-state index in [4.69, 9.17) is 0 Å². The summed E-state index contributed by atoms with van der Waals surface area (Å²) in [6.07, 6.45) is 8.15. The third-order valence-electron chi connectivity index (χ3n) is 1.18. The maximum absolute atomic E-state index is 3.66. The molecule has 0 aromatic carbocycles. The monoisotopic (exact) mass is 136 g/mol. The van der Waals surface area contributed by atoms with Crippen molar-refractivity contribution in [1.82, 2.24) is 0 Å². The van der Waals surface area contributed by atoms with Gasteiger partial charge in [0.05, 0.1) is 0 Å². The molecule has 0 bridgehead atoms. The van der Waals surface area contributed by atoms with Gasteiger partial charge >= 0.3 is 0 Å². The third kappa shape index (κ3) is 5.36. The Morgan fingerprint density at radius 1 is 1.40 bits per heavy atom. The lowest BCUT2D eigenvalue weighted by Gasteiger charge is -1.90. The number of allylic oxidation sites excluding steroid dienone is 5. The molecule has 0 saturated carbocycles. The second-order valence-electron chi connectivity index (χ2n) is 2.74. The minimum Gasteiger partial charge on any atom is -0.0988 e. The van der Waals surface area contributed by atoms with Crippen LogP contribution in [-0.2, 0) is 0 Å². The van der Waals surface area contributed by atoms with Crippen LogP contribution in [0.25, 0.3) is 0 Å². The second-order valence-corrected chi connectivity index (χ2v) is 2.74. The first kappa shape index (κ1) is 9.22. The molecular weight excluding hydrogens is 120 g/mol. The van der Waals surface area contributed by atoms with E-state index in [1.807, 2.05) is 13.0 Å². The number of rotatable bonds is 3. The SMILES string of the molecule is C=CC(C)=CC=CC(C)C. The highest BCUT2D eigenvalue weighted by Gasteiger charge is 1.80. The van der Waals surface area contributed by atoms with Gasteiger partial charge in [-0.3, -0.25) is 0 Å². The average Bonchev–Trinajstić information content (AvgIpc) is 1.87. The molecule has 0 fully saturated rings. The van der Waals surface area contributed by atoms with Gasteiger partial charge in [0, 0.05) is 0 Å². The van der Waals surface area contributed by atoms with Crippen LogP contribution in [0, 0.1) is 5.92 Å². The number of hydrogen-bond acceptors (Lipinski definition) is 0. The fourth-order valence-electron chi connectivity index (χ4n) is 0.498. The minimum absolute atomic E-state index is 0.633. The molecule has 56 valence electrons. The molecular formula is C10H16. The zero-order valence-electron chi connectivity index (χ0n) is 7.09. The fourth-order valence-corrected chi connectivity index (χ4v) is 0.498. The molecule has 0 heteroatoms. The standard InChI is InChI=1S/C10H16/c1-5-10(4)8-6-7-9(2)3/h5-9H,1H2,2-4H3. The first-order chi connectivity index (χ1) is 4.66. The van der Waals surface area contributed by atoms with Crippen molar-refractivity contribution in [2.45, 2.75) is 20.8 Å². The van der Waals surface area contributed by atoms with E-state index < -0.39 is 0 Å². The summed E-state index contributed by atoms with van der Waals surface area (Å²) in [5.41, 5.74) is 1.21. The molecule has 0 aromatic rings. The Kier molecular flexibility index (Phi) is 4.65. The molecule has 0 aliphatic rings. The first-order valence-corrected chi connectivity index (χ1v) is 3.64.